The van der Waals surface area contributed by atoms with Crippen LogP contribution in [-0.2, 0) is 0 Å². The molecule has 2 unspecified atom stereocenters. The van der Waals surface area contributed by atoms with E-state index in [1.165, 1.54) is 6.42 Å². The molecule has 0 radical (unpaired) electrons. The summed E-state index contributed by atoms with van der Waals surface area (Å²) in [4.78, 5) is 0. The molecule has 1 saturated carbocycles. The summed E-state index contributed by atoms with van der Waals surface area (Å²) in [6.45, 7) is 3.72. The predicted octanol–water partition coefficient (Wildman–Crippen LogP) is 0.649. The van der Waals surface area contributed by atoms with Crippen LogP contribution in [0.2, 0.25) is 0 Å². The fourth-order valence-electron chi connectivity index (χ4n) is 1.78. The van der Waals surface area contributed by atoms with Crippen LogP contribution in [0.25, 0.3) is 0 Å². The highest BCUT2D eigenvalue weighted by atomic mass is 16.3. The third-order valence-electron chi connectivity index (χ3n) is 2.93. The van der Waals surface area contributed by atoms with E-state index in [2.05, 4.69) is 5.32 Å². The molecule has 1 fully saturated rings. The Labute approximate surface area is 80.2 Å². The molecule has 0 heterocycles. The normalized spacial score (nSPS) is 34.2. The molecule has 3 nitrogen and oxygen atoms in total. The third kappa shape index (κ3) is 3.25. The molecule has 0 saturated heterocycles. The number of nitrogens with one attached hydrogen (secondary N) is 1. The van der Waals surface area contributed by atoms with Crippen LogP contribution in [-0.4, -0.2) is 34.5 Å². The van der Waals surface area contributed by atoms with Crippen LogP contribution in [0.5, 0.6) is 0 Å². The van der Waals surface area contributed by atoms with Gasteiger partial charge in [0.15, 0.2) is 0 Å². The van der Waals surface area contributed by atoms with E-state index >= 15 is 0 Å². The van der Waals surface area contributed by atoms with Gasteiger partial charge in [0.25, 0.3) is 0 Å². The molecular weight excluding hydrogens is 166 g/mol. The van der Waals surface area contributed by atoms with Gasteiger partial charge in [-0.05, 0) is 26.7 Å². The van der Waals surface area contributed by atoms with Gasteiger partial charge >= 0.3 is 0 Å². The van der Waals surface area contributed by atoms with E-state index in [-0.39, 0.29) is 24.3 Å². The maximum atomic E-state index is 9.66. The summed E-state index contributed by atoms with van der Waals surface area (Å²) in [5.74, 6) is 0. The Hall–Kier alpha value is -0.120. The van der Waals surface area contributed by atoms with Gasteiger partial charge in [0.1, 0.15) is 0 Å². The lowest BCUT2D eigenvalue weighted by Crippen LogP contribution is -2.49. The fourth-order valence-corrected chi connectivity index (χ4v) is 1.78. The lowest BCUT2D eigenvalue weighted by Gasteiger charge is -2.32. The molecule has 0 aliphatic heterocycles. The Morgan fingerprint density at radius 3 is 2.38 bits per heavy atom. The van der Waals surface area contributed by atoms with Crippen LogP contribution >= 0.6 is 0 Å². The first-order valence-electron chi connectivity index (χ1n) is 5.23. The molecule has 13 heavy (non-hydrogen) atoms. The monoisotopic (exact) mass is 187 g/mol. The summed E-state index contributed by atoms with van der Waals surface area (Å²) < 4.78 is 0. The van der Waals surface area contributed by atoms with E-state index in [9.17, 15) is 10.2 Å². The molecule has 3 heteroatoms. The first-order chi connectivity index (χ1) is 6.11. The molecule has 3 N–H and O–H groups in total. The van der Waals surface area contributed by atoms with Crippen LogP contribution in [0.4, 0.5) is 0 Å². The first kappa shape index (κ1) is 11.0. The SMILES string of the molecule is CC(O)C(C)N[C@@H]1CCCC[C@H]1O. The standard InChI is InChI=1S/C10H21NO2/c1-7(8(2)12)11-9-5-3-4-6-10(9)13/h7-13H,3-6H2,1-2H3/t7?,8?,9-,10-/m1/s1. The zero-order valence-corrected chi connectivity index (χ0v) is 8.53. The second kappa shape index (κ2) is 4.94. The third-order valence-corrected chi connectivity index (χ3v) is 2.93. The van der Waals surface area contributed by atoms with E-state index in [0.717, 1.165) is 19.3 Å². The molecule has 0 aromatic carbocycles. The van der Waals surface area contributed by atoms with E-state index in [1.807, 2.05) is 6.92 Å². The van der Waals surface area contributed by atoms with Crippen LogP contribution in [0.1, 0.15) is 39.5 Å². The van der Waals surface area contributed by atoms with E-state index in [4.69, 9.17) is 0 Å². The summed E-state index contributed by atoms with van der Waals surface area (Å²) in [6.07, 6.45) is 3.65. The van der Waals surface area contributed by atoms with Gasteiger partial charge in [0, 0.05) is 12.1 Å². The average molecular weight is 187 g/mol. The molecule has 0 aromatic rings. The summed E-state index contributed by atoms with van der Waals surface area (Å²) in [5, 5.41) is 22.2. The smallest absolute Gasteiger partial charge is 0.0693 e. The van der Waals surface area contributed by atoms with Crippen LogP contribution < -0.4 is 5.32 Å². The first-order valence-corrected chi connectivity index (χ1v) is 5.23. The molecule has 1 rings (SSSR count). The van der Waals surface area contributed by atoms with Crippen molar-refractivity contribution in [1.29, 1.82) is 0 Å². The maximum absolute atomic E-state index is 9.66. The summed E-state index contributed by atoms with van der Waals surface area (Å²) in [7, 11) is 0. The summed E-state index contributed by atoms with van der Waals surface area (Å²) >= 11 is 0. The van der Waals surface area contributed by atoms with Crippen molar-refractivity contribution in [2.45, 2.75) is 63.8 Å². The minimum Gasteiger partial charge on any atom is -0.392 e. The minimum absolute atomic E-state index is 0.0674. The molecule has 0 spiro atoms. The van der Waals surface area contributed by atoms with Crippen LogP contribution in [0.3, 0.4) is 0 Å². The Morgan fingerprint density at radius 2 is 1.85 bits per heavy atom. The quantitative estimate of drug-likeness (QED) is 0.608. The van der Waals surface area contributed by atoms with Gasteiger partial charge in [-0.2, -0.15) is 0 Å². The highest BCUT2D eigenvalue weighted by molar-refractivity contribution is 4.83. The molecule has 0 aromatic heterocycles. The van der Waals surface area contributed by atoms with Gasteiger partial charge in [-0.15, -0.1) is 0 Å². The summed E-state index contributed by atoms with van der Waals surface area (Å²) in [6, 6.07) is 0.246. The Balaban J connectivity index is 2.33. The topological polar surface area (TPSA) is 52.5 Å². The molecule has 0 amide bonds. The second-order valence-corrected chi connectivity index (χ2v) is 4.15. The van der Waals surface area contributed by atoms with Crippen molar-refractivity contribution in [3.63, 3.8) is 0 Å². The van der Waals surface area contributed by atoms with Crippen molar-refractivity contribution in [2.75, 3.05) is 0 Å². The van der Waals surface area contributed by atoms with Gasteiger partial charge in [0.2, 0.25) is 0 Å². The Morgan fingerprint density at radius 1 is 1.23 bits per heavy atom. The molecule has 0 bridgehead atoms. The molecule has 4 atom stereocenters. The molecule has 1 aliphatic rings. The highest BCUT2D eigenvalue weighted by Gasteiger charge is 2.24. The largest absolute Gasteiger partial charge is 0.392 e. The number of rotatable bonds is 3. The van der Waals surface area contributed by atoms with Gasteiger partial charge in [0.05, 0.1) is 12.2 Å². The van der Waals surface area contributed by atoms with Crippen molar-refractivity contribution in [3.8, 4) is 0 Å². The lowest BCUT2D eigenvalue weighted by atomic mass is 9.92. The van der Waals surface area contributed by atoms with E-state index in [1.54, 1.807) is 6.92 Å². The highest BCUT2D eigenvalue weighted by Crippen LogP contribution is 2.18. The Kier molecular flexibility index (Phi) is 4.16. The van der Waals surface area contributed by atoms with Gasteiger partial charge in [-0.1, -0.05) is 12.8 Å². The zero-order valence-electron chi connectivity index (χ0n) is 8.53. The predicted molar refractivity (Wildman–Crippen MR) is 52.5 cm³/mol. The van der Waals surface area contributed by atoms with Crippen LogP contribution in [0.15, 0.2) is 0 Å². The van der Waals surface area contributed by atoms with Crippen LogP contribution in [0, 0.1) is 0 Å². The maximum Gasteiger partial charge on any atom is 0.0693 e. The van der Waals surface area contributed by atoms with Crippen molar-refractivity contribution in [2.24, 2.45) is 0 Å². The number of hydrogen-bond donors (Lipinski definition) is 3. The van der Waals surface area contributed by atoms with Crippen molar-refractivity contribution in [1.82, 2.24) is 5.32 Å². The average Bonchev–Trinajstić information content (AvgIpc) is 2.08. The Bertz CT molecular complexity index is 150. The fraction of sp³-hybridized carbons (Fsp3) is 1.00. The second-order valence-electron chi connectivity index (χ2n) is 4.15. The van der Waals surface area contributed by atoms with Gasteiger partial charge in [-0.25, -0.2) is 0 Å². The number of aliphatic hydroxyl groups is 2. The number of aliphatic hydroxyl groups excluding tert-OH is 2. The summed E-state index contributed by atoms with van der Waals surface area (Å²) in [5.41, 5.74) is 0. The van der Waals surface area contributed by atoms with E-state index < -0.39 is 0 Å². The van der Waals surface area contributed by atoms with Gasteiger partial charge < -0.3 is 15.5 Å². The van der Waals surface area contributed by atoms with Crippen molar-refractivity contribution < 1.29 is 10.2 Å². The zero-order chi connectivity index (χ0) is 9.84. The molecule has 1 aliphatic carbocycles. The number of hydrogen-bond acceptors (Lipinski definition) is 3. The lowest BCUT2D eigenvalue weighted by molar-refractivity contribution is 0.0678. The minimum atomic E-state index is -0.353. The molecule has 78 valence electrons. The van der Waals surface area contributed by atoms with Crippen molar-refractivity contribution >= 4 is 0 Å². The van der Waals surface area contributed by atoms with Crippen molar-refractivity contribution in [3.05, 3.63) is 0 Å². The molecular formula is C10H21NO2. The van der Waals surface area contributed by atoms with E-state index in [0.29, 0.717) is 0 Å². The van der Waals surface area contributed by atoms with Gasteiger partial charge in [-0.3, -0.25) is 0 Å².